The molecule has 0 aliphatic carbocycles. The van der Waals surface area contributed by atoms with Crippen LogP contribution in [0.3, 0.4) is 0 Å². The second-order valence-corrected chi connectivity index (χ2v) is 5.67. The van der Waals surface area contributed by atoms with Crippen molar-refractivity contribution >= 4 is 11.8 Å². The number of aryl methyl sites for hydroxylation is 1. The lowest BCUT2D eigenvalue weighted by atomic mass is 10.1. The standard InChI is InChI=1S/C12H21N3OS/c1-3-15-5-4-13-12(15)8-11(16)10-9-17-7-6-14(10)2/h4-5,10-11,16H,3,6-9H2,1-2H3. The van der Waals surface area contributed by atoms with Gasteiger partial charge < -0.3 is 9.67 Å². The maximum absolute atomic E-state index is 10.3. The summed E-state index contributed by atoms with van der Waals surface area (Å²) in [5.41, 5.74) is 0. The molecule has 2 heterocycles. The molecule has 0 amide bonds. The van der Waals surface area contributed by atoms with Gasteiger partial charge in [0.25, 0.3) is 0 Å². The Hall–Kier alpha value is -0.520. The molecule has 1 N–H and O–H groups in total. The fraction of sp³-hybridized carbons (Fsp3) is 0.750. The molecule has 0 bridgehead atoms. The molecule has 2 atom stereocenters. The van der Waals surface area contributed by atoms with Crippen LogP contribution in [0.2, 0.25) is 0 Å². The van der Waals surface area contributed by atoms with E-state index in [0.29, 0.717) is 6.42 Å². The minimum atomic E-state index is -0.319. The van der Waals surface area contributed by atoms with E-state index in [4.69, 9.17) is 0 Å². The van der Waals surface area contributed by atoms with Gasteiger partial charge in [0.05, 0.1) is 6.10 Å². The molecular formula is C12H21N3OS. The highest BCUT2D eigenvalue weighted by atomic mass is 32.2. The van der Waals surface area contributed by atoms with Crippen molar-refractivity contribution in [1.82, 2.24) is 14.5 Å². The van der Waals surface area contributed by atoms with Gasteiger partial charge in [-0.3, -0.25) is 4.90 Å². The zero-order chi connectivity index (χ0) is 12.3. The number of aliphatic hydroxyl groups excluding tert-OH is 1. The average molecular weight is 255 g/mol. The second kappa shape index (κ2) is 5.89. The van der Waals surface area contributed by atoms with Gasteiger partial charge in [0.1, 0.15) is 5.82 Å². The number of aromatic nitrogens is 2. The van der Waals surface area contributed by atoms with E-state index >= 15 is 0 Å². The van der Waals surface area contributed by atoms with Crippen molar-refractivity contribution in [1.29, 1.82) is 0 Å². The molecule has 2 rings (SSSR count). The first-order valence-corrected chi connectivity index (χ1v) is 7.34. The van der Waals surface area contributed by atoms with Crippen LogP contribution in [-0.2, 0) is 13.0 Å². The predicted octanol–water partition coefficient (Wildman–Crippen LogP) is 0.854. The summed E-state index contributed by atoms with van der Waals surface area (Å²) in [6.45, 7) is 4.08. The van der Waals surface area contributed by atoms with Gasteiger partial charge in [0, 0.05) is 49.5 Å². The van der Waals surface area contributed by atoms with Crippen molar-refractivity contribution in [3.05, 3.63) is 18.2 Å². The highest BCUT2D eigenvalue weighted by molar-refractivity contribution is 7.99. The quantitative estimate of drug-likeness (QED) is 0.866. The summed E-state index contributed by atoms with van der Waals surface area (Å²) in [6, 6.07) is 0.260. The first-order valence-electron chi connectivity index (χ1n) is 6.18. The first-order chi connectivity index (χ1) is 8.22. The third-order valence-corrected chi connectivity index (χ3v) is 4.47. The molecule has 1 fully saturated rings. The van der Waals surface area contributed by atoms with Crippen molar-refractivity contribution in [2.75, 3.05) is 25.1 Å². The van der Waals surface area contributed by atoms with E-state index in [0.717, 1.165) is 24.7 Å². The minimum Gasteiger partial charge on any atom is -0.391 e. The zero-order valence-electron chi connectivity index (χ0n) is 10.5. The summed E-state index contributed by atoms with van der Waals surface area (Å²) in [5, 5.41) is 10.3. The van der Waals surface area contributed by atoms with Gasteiger partial charge in [-0.1, -0.05) is 0 Å². The number of rotatable bonds is 4. The van der Waals surface area contributed by atoms with Crippen molar-refractivity contribution in [3.8, 4) is 0 Å². The van der Waals surface area contributed by atoms with Crippen LogP contribution in [0.1, 0.15) is 12.7 Å². The molecule has 0 radical (unpaired) electrons. The smallest absolute Gasteiger partial charge is 0.111 e. The molecule has 1 aliphatic rings. The topological polar surface area (TPSA) is 41.3 Å². The summed E-state index contributed by atoms with van der Waals surface area (Å²) in [6.07, 6.45) is 4.11. The van der Waals surface area contributed by atoms with Crippen LogP contribution in [0.5, 0.6) is 0 Å². The lowest BCUT2D eigenvalue weighted by Gasteiger charge is -2.35. The molecule has 0 spiro atoms. The molecule has 2 unspecified atom stereocenters. The van der Waals surface area contributed by atoms with Crippen molar-refractivity contribution < 1.29 is 5.11 Å². The van der Waals surface area contributed by atoms with E-state index in [-0.39, 0.29) is 12.1 Å². The highest BCUT2D eigenvalue weighted by Gasteiger charge is 2.27. The van der Waals surface area contributed by atoms with E-state index in [1.807, 2.05) is 24.2 Å². The molecule has 17 heavy (non-hydrogen) atoms. The van der Waals surface area contributed by atoms with Crippen LogP contribution in [0.25, 0.3) is 0 Å². The normalized spacial score (nSPS) is 23.8. The van der Waals surface area contributed by atoms with Crippen LogP contribution in [0.4, 0.5) is 0 Å². The summed E-state index contributed by atoms with van der Waals surface area (Å²) >= 11 is 1.93. The summed E-state index contributed by atoms with van der Waals surface area (Å²) in [7, 11) is 2.10. The minimum absolute atomic E-state index is 0.260. The second-order valence-electron chi connectivity index (χ2n) is 4.52. The predicted molar refractivity (Wildman–Crippen MR) is 71.4 cm³/mol. The summed E-state index contributed by atoms with van der Waals surface area (Å²) in [4.78, 5) is 6.59. The van der Waals surface area contributed by atoms with E-state index in [1.165, 1.54) is 5.75 Å². The SMILES string of the molecule is CCn1ccnc1CC(O)C1CSCCN1C. The van der Waals surface area contributed by atoms with Crippen molar-refractivity contribution in [2.24, 2.45) is 0 Å². The molecule has 5 heteroatoms. The van der Waals surface area contributed by atoms with Crippen LogP contribution >= 0.6 is 11.8 Å². The molecule has 0 aromatic carbocycles. The Balaban J connectivity index is 1.98. The van der Waals surface area contributed by atoms with Gasteiger partial charge in [0.2, 0.25) is 0 Å². The Morgan fingerprint density at radius 1 is 1.65 bits per heavy atom. The number of likely N-dealkylation sites (N-methyl/N-ethyl adjacent to an activating group) is 1. The van der Waals surface area contributed by atoms with Gasteiger partial charge in [0.15, 0.2) is 0 Å². The molecule has 1 aliphatic heterocycles. The molecule has 1 saturated heterocycles. The van der Waals surface area contributed by atoms with Crippen molar-refractivity contribution in [2.45, 2.75) is 32.0 Å². The lowest BCUT2D eigenvalue weighted by molar-refractivity contribution is 0.0742. The van der Waals surface area contributed by atoms with Gasteiger partial charge in [-0.15, -0.1) is 0 Å². The number of hydrogen-bond donors (Lipinski definition) is 1. The van der Waals surface area contributed by atoms with E-state index in [1.54, 1.807) is 0 Å². The third-order valence-electron chi connectivity index (χ3n) is 3.42. The van der Waals surface area contributed by atoms with Gasteiger partial charge in [-0.05, 0) is 14.0 Å². The fourth-order valence-corrected chi connectivity index (χ4v) is 3.55. The zero-order valence-corrected chi connectivity index (χ0v) is 11.4. The van der Waals surface area contributed by atoms with Crippen molar-refractivity contribution in [3.63, 3.8) is 0 Å². The van der Waals surface area contributed by atoms with Crippen LogP contribution < -0.4 is 0 Å². The average Bonchev–Trinajstić information content (AvgIpc) is 2.76. The maximum Gasteiger partial charge on any atom is 0.111 e. The number of aliphatic hydroxyl groups is 1. The van der Waals surface area contributed by atoms with E-state index in [9.17, 15) is 5.11 Å². The molecule has 4 nitrogen and oxygen atoms in total. The maximum atomic E-state index is 10.3. The number of hydrogen-bond acceptors (Lipinski definition) is 4. The Bertz CT molecular complexity index is 355. The Morgan fingerprint density at radius 3 is 3.18 bits per heavy atom. The first kappa shape index (κ1) is 12.9. The number of imidazole rings is 1. The molecule has 1 aromatic rings. The number of thioether (sulfide) groups is 1. The largest absolute Gasteiger partial charge is 0.391 e. The van der Waals surface area contributed by atoms with Gasteiger partial charge in [-0.2, -0.15) is 11.8 Å². The molecular weight excluding hydrogens is 234 g/mol. The monoisotopic (exact) mass is 255 g/mol. The molecule has 1 aromatic heterocycles. The Kier molecular flexibility index (Phi) is 4.48. The van der Waals surface area contributed by atoms with Crippen LogP contribution in [0, 0.1) is 0 Å². The fourth-order valence-electron chi connectivity index (χ4n) is 2.25. The van der Waals surface area contributed by atoms with Gasteiger partial charge in [-0.25, -0.2) is 4.98 Å². The Morgan fingerprint density at radius 2 is 2.47 bits per heavy atom. The summed E-state index contributed by atoms with van der Waals surface area (Å²) in [5.74, 6) is 3.18. The summed E-state index contributed by atoms with van der Waals surface area (Å²) < 4.78 is 2.10. The number of nitrogens with zero attached hydrogens (tertiary/aromatic N) is 3. The molecule has 96 valence electrons. The highest BCUT2D eigenvalue weighted by Crippen LogP contribution is 2.19. The van der Waals surface area contributed by atoms with E-state index in [2.05, 4.69) is 28.4 Å². The van der Waals surface area contributed by atoms with Crippen LogP contribution in [-0.4, -0.2) is 56.8 Å². The lowest BCUT2D eigenvalue weighted by Crippen LogP contribution is -2.48. The Labute approximate surface area is 107 Å². The van der Waals surface area contributed by atoms with Gasteiger partial charge >= 0.3 is 0 Å². The van der Waals surface area contributed by atoms with Crippen LogP contribution in [0.15, 0.2) is 12.4 Å². The molecule has 0 saturated carbocycles. The third kappa shape index (κ3) is 3.03. The van der Waals surface area contributed by atoms with E-state index < -0.39 is 0 Å².